The van der Waals surface area contributed by atoms with Gasteiger partial charge in [0, 0.05) is 35.4 Å². The van der Waals surface area contributed by atoms with Crippen LogP contribution in [0, 0.1) is 5.82 Å². The summed E-state index contributed by atoms with van der Waals surface area (Å²) in [6.45, 7) is 2.89. The zero-order valence-corrected chi connectivity index (χ0v) is 22.1. The van der Waals surface area contributed by atoms with Gasteiger partial charge in [0.1, 0.15) is 35.1 Å². The summed E-state index contributed by atoms with van der Waals surface area (Å²) in [5.74, 6) is 0.934. The van der Waals surface area contributed by atoms with Gasteiger partial charge in [0.2, 0.25) is 0 Å². The molecule has 1 aliphatic heterocycles. The molecule has 38 heavy (non-hydrogen) atoms. The van der Waals surface area contributed by atoms with Gasteiger partial charge in [-0.1, -0.05) is 35.9 Å². The van der Waals surface area contributed by atoms with E-state index in [-0.39, 0.29) is 18.5 Å². The van der Waals surface area contributed by atoms with E-state index in [4.69, 9.17) is 16.3 Å². The van der Waals surface area contributed by atoms with E-state index in [1.54, 1.807) is 41.9 Å². The van der Waals surface area contributed by atoms with Crippen molar-refractivity contribution >= 4 is 54.7 Å². The monoisotopic (exact) mass is 548 g/mol. The molecule has 0 saturated carbocycles. The highest BCUT2D eigenvalue weighted by Crippen LogP contribution is 2.38. The van der Waals surface area contributed by atoms with Gasteiger partial charge in [-0.05, 0) is 60.4 Å². The molecule has 1 saturated heterocycles. The van der Waals surface area contributed by atoms with Crippen molar-refractivity contribution < 1.29 is 14.2 Å². The number of likely N-dealkylation sites (tertiary alicyclic amines) is 1. The van der Waals surface area contributed by atoms with Crippen molar-refractivity contribution in [3.05, 3.63) is 89.0 Å². The number of anilines is 2. The number of hydrogen-bond acceptors (Lipinski definition) is 7. The highest BCUT2D eigenvalue weighted by Gasteiger charge is 2.20. The predicted octanol–water partition coefficient (Wildman–Crippen LogP) is 6.57. The number of aliphatic hydroxyl groups excluding tert-OH is 1. The molecule has 0 unspecified atom stereocenters. The highest BCUT2D eigenvalue weighted by atomic mass is 35.5. The van der Waals surface area contributed by atoms with E-state index in [0.717, 1.165) is 59.3 Å². The molecule has 1 atom stereocenters. The number of nitrogens with one attached hydrogen (secondary N) is 1. The normalized spacial score (nSPS) is 15.9. The van der Waals surface area contributed by atoms with Gasteiger partial charge in [-0.15, -0.1) is 11.3 Å². The minimum absolute atomic E-state index is 0.191. The van der Waals surface area contributed by atoms with Crippen molar-refractivity contribution in [3.63, 3.8) is 0 Å². The molecule has 194 valence electrons. The number of nitrogens with zero attached hydrogens (tertiary/aromatic N) is 3. The van der Waals surface area contributed by atoms with Crippen LogP contribution in [0.5, 0.6) is 5.75 Å². The Kier molecular flexibility index (Phi) is 7.12. The summed E-state index contributed by atoms with van der Waals surface area (Å²) < 4.78 is 20.4. The standard InChI is InChI=1S/C29H26ClFN4O2S/c30-24-14-21(5-7-25(24)37-16-19-2-1-3-20(31)12-19)34-28-27-23-6-4-18(8-10-35-11-9-22(36)15-35)13-26(23)38-29(27)33-17-32-28/h1-7,12-14,17,22,36H,8-11,15-16H2,(H,32,33,34)/t22-/m0/s1. The van der Waals surface area contributed by atoms with Crippen LogP contribution in [0.15, 0.2) is 67.0 Å². The van der Waals surface area contributed by atoms with Gasteiger partial charge < -0.3 is 20.1 Å². The lowest BCUT2D eigenvalue weighted by Crippen LogP contribution is -2.24. The minimum atomic E-state index is -0.298. The molecule has 1 aliphatic rings. The lowest BCUT2D eigenvalue weighted by atomic mass is 10.1. The second-order valence-corrected chi connectivity index (χ2v) is 11.0. The Labute approximate surface area is 228 Å². The third kappa shape index (κ3) is 5.44. The molecule has 5 aromatic rings. The van der Waals surface area contributed by atoms with Crippen LogP contribution < -0.4 is 10.1 Å². The van der Waals surface area contributed by atoms with Crippen LogP contribution >= 0.6 is 22.9 Å². The second-order valence-electron chi connectivity index (χ2n) is 9.52. The van der Waals surface area contributed by atoms with E-state index >= 15 is 0 Å². The number of hydrogen-bond donors (Lipinski definition) is 2. The summed E-state index contributed by atoms with van der Waals surface area (Å²) in [6.07, 6.45) is 3.18. The van der Waals surface area contributed by atoms with E-state index < -0.39 is 0 Å². The zero-order chi connectivity index (χ0) is 26.1. The molecule has 2 aromatic heterocycles. The topological polar surface area (TPSA) is 70.5 Å². The number of β-amino-alcohol motifs (C(OH)–C–C–N with tert-alkyl or cyclic N) is 1. The first-order valence-electron chi connectivity index (χ1n) is 12.5. The van der Waals surface area contributed by atoms with Crippen LogP contribution in [0.3, 0.4) is 0 Å². The van der Waals surface area contributed by atoms with Crippen molar-refractivity contribution in [3.8, 4) is 5.75 Å². The van der Waals surface area contributed by atoms with Crippen molar-refractivity contribution in [2.45, 2.75) is 25.6 Å². The summed E-state index contributed by atoms with van der Waals surface area (Å²) in [7, 11) is 0. The smallest absolute Gasteiger partial charge is 0.143 e. The van der Waals surface area contributed by atoms with Gasteiger partial charge in [0.25, 0.3) is 0 Å². The Bertz CT molecular complexity index is 1610. The van der Waals surface area contributed by atoms with Crippen LogP contribution in [0.2, 0.25) is 5.02 Å². The summed E-state index contributed by atoms with van der Waals surface area (Å²) in [6, 6.07) is 18.3. The number of ether oxygens (including phenoxy) is 1. The lowest BCUT2D eigenvalue weighted by Gasteiger charge is -2.14. The third-order valence-corrected chi connectivity index (χ3v) is 8.13. The molecule has 0 aliphatic carbocycles. The van der Waals surface area contributed by atoms with E-state index in [0.29, 0.717) is 16.6 Å². The van der Waals surface area contributed by atoms with Gasteiger partial charge in [0.05, 0.1) is 16.5 Å². The molecule has 3 aromatic carbocycles. The zero-order valence-electron chi connectivity index (χ0n) is 20.5. The SMILES string of the molecule is O[C@H]1CCN(CCc2ccc3c(c2)sc2ncnc(Nc4ccc(OCc5cccc(F)c5)c(Cl)c4)c23)C1. The number of aromatic nitrogens is 2. The molecule has 9 heteroatoms. The fourth-order valence-electron chi connectivity index (χ4n) is 4.82. The Hall–Kier alpha value is -3.30. The minimum Gasteiger partial charge on any atom is -0.487 e. The maximum Gasteiger partial charge on any atom is 0.143 e. The summed E-state index contributed by atoms with van der Waals surface area (Å²) in [4.78, 5) is 12.3. The Morgan fingerprint density at radius 2 is 2.03 bits per heavy atom. The van der Waals surface area contributed by atoms with Crippen LogP contribution in [-0.4, -0.2) is 45.7 Å². The van der Waals surface area contributed by atoms with Crippen molar-refractivity contribution in [1.29, 1.82) is 0 Å². The molecule has 3 heterocycles. The summed E-state index contributed by atoms with van der Waals surface area (Å²) in [5, 5.41) is 15.7. The van der Waals surface area contributed by atoms with Gasteiger partial charge in [-0.3, -0.25) is 0 Å². The number of thiophene rings is 1. The Balaban J connectivity index is 1.19. The molecule has 0 spiro atoms. The Morgan fingerprint density at radius 1 is 1.11 bits per heavy atom. The van der Waals surface area contributed by atoms with Crippen LogP contribution in [0.1, 0.15) is 17.5 Å². The van der Waals surface area contributed by atoms with Crippen LogP contribution in [0.25, 0.3) is 20.3 Å². The highest BCUT2D eigenvalue weighted by molar-refractivity contribution is 7.25. The molecular weight excluding hydrogens is 523 g/mol. The number of fused-ring (bicyclic) bond motifs is 3. The first-order valence-corrected chi connectivity index (χ1v) is 13.7. The largest absolute Gasteiger partial charge is 0.487 e. The molecule has 6 nitrogen and oxygen atoms in total. The van der Waals surface area contributed by atoms with E-state index in [2.05, 4.69) is 38.4 Å². The van der Waals surface area contributed by atoms with E-state index in [1.807, 2.05) is 6.07 Å². The molecular formula is C29H26ClFN4O2S. The maximum absolute atomic E-state index is 13.4. The first kappa shape index (κ1) is 25.0. The Morgan fingerprint density at radius 3 is 2.84 bits per heavy atom. The van der Waals surface area contributed by atoms with Crippen LogP contribution in [0.4, 0.5) is 15.9 Å². The number of aliphatic hydroxyl groups is 1. The second kappa shape index (κ2) is 10.8. The van der Waals surface area contributed by atoms with E-state index in [1.165, 1.54) is 22.4 Å². The van der Waals surface area contributed by atoms with Crippen molar-refractivity contribution in [1.82, 2.24) is 14.9 Å². The average Bonchev–Trinajstić information content (AvgIpc) is 3.50. The van der Waals surface area contributed by atoms with Gasteiger partial charge >= 0.3 is 0 Å². The average molecular weight is 549 g/mol. The fourth-order valence-corrected chi connectivity index (χ4v) is 6.17. The van der Waals surface area contributed by atoms with Crippen molar-refractivity contribution in [2.24, 2.45) is 0 Å². The number of benzene rings is 3. The molecule has 0 amide bonds. The quantitative estimate of drug-likeness (QED) is 0.228. The number of rotatable bonds is 8. The van der Waals surface area contributed by atoms with Gasteiger partial charge in [0.15, 0.2) is 0 Å². The summed E-state index contributed by atoms with van der Waals surface area (Å²) >= 11 is 8.15. The molecule has 1 fully saturated rings. The fraction of sp³-hybridized carbons (Fsp3) is 0.241. The molecule has 6 rings (SSSR count). The lowest BCUT2D eigenvalue weighted by molar-refractivity contribution is 0.177. The van der Waals surface area contributed by atoms with Crippen molar-refractivity contribution in [2.75, 3.05) is 25.0 Å². The van der Waals surface area contributed by atoms with Gasteiger partial charge in [-0.2, -0.15) is 0 Å². The maximum atomic E-state index is 13.4. The molecule has 0 radical (unpaired) electrons. The molecule has 2 N–H and O–H groups in total. The van der Waals surface area contributed by atoms with Crippen LogP contribution in [-0.2, 0) is 13.0 Å². The predicted molar refractivity (Wildman–Crippen MR) is 151 cm³/mol. The van der Waals surface area contributed by atoms with E-state index in [9.17, 15) is 9.50 Å². The number of halogens is 2. The third-order valence-electron chi connectivity index (χ3n) is 6.78. The first-order chi connectivity index (χ1) is 18.5. The van der Waals surface area contributed by atoms with Gasteiger partial charge in [-0.25, -0.2) is 14.4 Å². The summed E-state index contributed by atoms with van der Waals surface area (Å²) in [5.41, 5.74) is 2.78. The molecule has 0 bridgehead atoms.